The second kappa shape index (κ2) is 6.23. The number of hydrogen-bond acceptors (Lipinski definition) is 1. The third-order valence-corrected chi connectivity index (χ3v) is 2.24. The van der Waals surface area contributed by atoms with Crippen molar-refractivity contribution in [1.29, 1.82) is 0 Å². The minimum absolute atomic E-state index is 0.254. The molecule has 0 saturated heterocycles. The molecule has 15 heavy (non-hydrogen) atoms. The van der Waals surface area contributed by atoms with Crippen LogP contribution in [0.5, 0.6) is 0 Å². The molecule has 0 aromatic heterocycles. The molecule has 82 valence electrons. The van der Waals surface area contributed by atoms with Gasteiger partial charge in [0.1, 0.15) is 11.6 Å². The van der Waals surface area contributed by atoms with Crippen molar-refractivity contribution in [1.82, 2.24) is 0 Å². The Bertz CT molecular complexity index is 300. The normalized spacial score (nSPS) is 21.1. The van der Waals surface area contributed by atoms with Gasteiger partial charge in [-0.05, 0) is 50.0 Å². The van der Waals surface area contributed by atoms with Gasteiger partial charge in [-0.2, -0.15) is 0 Å². The molecular weight excluding hydrogens is 191 g/mol. The molecule has 2 heteroatoms. The van der Waals surface area contributed by atoms with E-state index in [-0.39, 0.29) is 5.83 Å². The van der Waals surface area contributed by atoms with Gasteiger partial charge in [-0.3, -0.25) is 0 Å². The molecule has 0 aliphatic heterocycles. The molecule has 0 saturated carbocycles. The minimum atomic E-state index is -0.254. The van der Waals surface area contributed by atoms with Gasteiger partial charge >= 0.3 is 0 Å². The summed E-state index contributed by atoms with van der Waals surface area (Å²) in [4.78, 5) is 0. The first-order valence-electron chi connectivity index (χ1n) is 5.25. The lowest BCUT2D eigenvalue weighted by Crippen LogP contribution is -2.01. The fourth-order valence-electron chi connectivity index (χ4n) is 1.49. The lowest BCUT2D eigenvalue weighted by molar-refractivity contribution is 0.237. The Hall–Kier alpha value is -1.31. The maximum Gasteiger partial charge on any atom is 0.118 e. The van der Waals surface area contributed by atoms with Gasteiger partial charge < -0.3 is 4.74 Å². The zero-order valence-corrected chi connectivity index (χ0v) is 9.08. The van der Waals surface area contributed by atoms with Crippen LogP contribution < -0.4 is 0 Å². The average molecular weight is 208 g/mol. The standard InChI is InChI=1S/C13H17FO/c1-3-12(14)9-8-11-6-5-7-13(10-11)15-4-2/h3,5,7,9-11H,1,4,6,8H2,2H3. The number of hydrogen-bond donors (Lipinski definition) is 0. The molecule has 1 aliphatic carbocycles. The van der Waals surface area contributed by atoms with Crippen LogP contribution in [0.3, 0.4) is 0 Å². The second-order valence-electron chi connectivity index (χ2n) is 3.43. The van der Waals surface area contributed by atoms with Gasteiger partial charge in [-0.15, -0.1) is 0 Å². The van der Waals surface area contributed by atoms with Crippen LogP contribution in [0.25, 0.3) is 0 Å². The van der Waals surface area contributed by atoms with E-state index >= 15 is 0 Å². The molecule has 0 bridgehead atoms. The highest BCUT2D eigenvalue weighted by Crippen LogP contribution is 2.21. The Balaban J connectivity index is 2.50. The SMILES string of the molecule is C=CC(F)=CCC1C=C(OCC)C=CC1. The molecule has 0 aromatic carbocycles. The smallest absolute Gasteiger partial charge is 0.118 e. The zero-order chi connectivity index (χ0) is 11.1. The molecular formula is C13H17FO. The second-order valence-corrected chi connectivity index (χ2v) is 3.43. The van der Waals surface area contributed by atoms with Crippen LogP contribution in [0, 0.1) is 5.92 Å². The monoisotopic (exact) mass is 208 g/mol. The molecule has 1 rings (SSSR count). The van der Waals surface area contributed by atoms with Crippen LogP contribution >= 0.6 is 0 Å². The Morgan fingerprint density at radius 1 is 1.73 bits per heavy atom. The molecule has 0 fully saturated rings. The summed E-state index contributed by atoms with van der Waals surface area (Å²) in [5.74, 6) is 0.972. The number of allylic oxidation sites excluding steroid dienone is 6. The minimum Gasteiger partial charge on any atom is -0.494 e. The summed E-state index contributed by atoms with van der Waals surface area (Å²) in [6, 6.07) is 0. The van der Waals surface area contributed by atoms with Gasteiger partial charge in [0.15, 0.2) is 0 Å². The van der Waals surface area contributed by atoms with Crippen molar-refractivity contribution in [2.45, 2.75) is 19.8 Å². The molecule has 1 unspecified atom stereocenters. The summed E-state index contributed by atoms with van der Waals surface area (Å²) in [6.45, 7) is 5.99. The molecule has 0 N–H and O–H groups in total. The quantitative estimate of drug-likeness (QED) is 0.622. The van der Waals surface area contributed by atoms with Crippen molar-refractivity contribution < 1.29 is 9.13 Å². The molecule has 1 nitrogen and oxygen atoms in total. The Labute approximate surface area is 90.6 Å². The Morgan fingerprint density at radius 2 is 2.53 bits per heavy atom. The van der Waals surface area contributed by atoms with Crippen LogP contribution in [0.1, 0.15) is 19.8 Å². The van der Waals surface area contributed by atoms with E-state index in [4.69, 9.17) is 4.74 Å². The molecule has 1 atom stereocenters. The van der Waals surface area contributed by atoms with E-state index < -0.39 is 0 Å². The third kappa shape index (κ3) is 4.15. The van der Waals surface area contributed by atoms with E-state index in [2.05, 4.69) is 18.7 Å². The number of rotatable bonds is 5. The molecule has 0 aromatic rings. The van der Waals surface area contributed by atoms with Crippen molar-refractivity contribution in [3.8, 4) is 0 Å². The largest absolute Gasteiger partial charge is 0.494 e. The van der Waals surface area contributed by atoms with E-state index in [1.54, 1.807) is 6.08 Å². The highest BCUT2D eigenvalue weighted by atomic mass is 19.1. The van der Waals surface area contributed by atoms with E-state index in [9.17, 15) is 4.39 Å². The lowest BCUT2D eigenvalue weighted by atomic mass is 9.96. The lowest BCUT2D eigenvalue weighted by Gasteiger charge is -2.15. The van der Waals surface area contributed by atoms with Crippen LogP contribution in [-0.2, 0) is 4.74 Å². The van der Waals surface area contributed by atoms with Crippen LogP contribution in [0.15, 0.2) is 48.5 Å². The molecule has 0 heterocycles. The van der Waals surface area contributed by atoms with Crippen molar-refractivity contribution in [2.75, 3.05) is 6.61 Å². The van der Waals surface area contributed by atoms with Gasteiger partial charge in [0.2, 0.25) is 0 Å². The van der Waals surface area contributed by atoms with Gasteiger partial charge in [-0.1, -0.05) is 12.7 Å². The highest BCUT2D eigenvalue weighted by molar-refractivity contribution is 5.19. The predicted molar refractivity (Wildman–Crippen MR) is 61.0 cm³/mol. The summed E-state index contributed by atoms with van der Waals surface area (Å²) >= 11 is 0. The number of ether oxygens (including phenoxy) is 1. The number of halogens is 1. The zero-order valence-electron chi connectivity index (χ0n) is 9.08. The molecule has 0 radical (unpaired) electrons. The van der Waals surface area contributed by atoms with Gasteiger partial charge in [0, 0.05) is 0 Å². The van der Waals surface area contributed by atoms with Gasteiger partial charge in [0.05, 0.1) is 6.61 Å². The van der Waals surface area contributed by atoms with Crippen LogP contribution in [0.4, 0.5) is 4.39 Å². The van der Waals surface area contributed by atoms with Crippen LogP contribution in [0.2, 0.25) is 0 Å². The first kappa shape index (κ1) is 11.8. The predicted octanol–water partition coefficient (Wildman–Crippen LogP) is 3.91. The van der Waals surface area contributed by atoms with Crippen molar-refractivity contribution in [3.05, 3.63) is 48.5 Å². The van der Waals surface area contributed by atoms with Crippen molar-refractivity contribution in [2.24, 2.45) is 5.92 Å². The molecule has 1 aliphatic rings. The maximum atomic E-state index is 12.8. The van der Waals surface area contributed by atoms with Gasteiger partial charge in [0.25, 0.3) is 0 Å². The summed E-state index contributed by atoms with van der Waals surface area (Å²) in [5.41, 5.74) is 0. The third-order valence-electron chi connectivity index (χ3n) is 2.24. The summed E-state index contributed by atoms with van der Waals surface area (Å²) in [6.07, 6.45) is 10.5. The summed E-state index contributed by atoms with van der Waals surface area (Å²) in [7, 11) is 0. The van der Waals surface area contributed by atoms with E-state index in [0.717, 1.165) is 12.2 Å². The molecule has 0 spiro atoms. The van der Waals surface area contributed by atoms with Gasteiger partial charge in [-0.25, -0.2) is 4.39 Å². The highest BCUT2D eigenvalue weighted by Gasteiger charge is 2.08. The maximum absolute atomic E-state index is 12.8. The molecule has 0 amide bonds. The first-order chi connectivity index (χ1) is 7.26. The average Bonchev–Trinajstić information content (AvgIpc) is 2.27. The van der Waals surface area contributed by atoms with E-state index in [1.165, 1.54) is 6.08 Å². The van der Waals surface area contributed by atoms with E-state index in [0.29, 0.717) is 18.9 Å². The summed E-state index contributed by atoms with van der Waals surface area (Å²) < 4.78 is 18.2. The van der Waals surface area contributed by atoms with E-state index in [1.807, 2.05) is 13.0 Å². The van der Waals surface area contributed by atoms with Crippen LogP contribution in [-0.4, -0.2) is 6.61 Å². The first-order valence-corrected chi connectivity index (χ1v) is 5.25. The topological polar surface area (TPSA) is 9.23 Å². The summed E-state index contributed by atoms with van der Waals surface area (Å²) in [5, 5.41) is 0. The van der Waals surface area contributed by atoms with Crippen molar-refractivity contribution >= 4 is 0 Å². The fourth-order valence-corrected chi connectivity index (χ4v) is 1.49. The van der Waals surface area contributed by atoms with Crippen molar-refractivity contribution in [3.63, 3.8) is 0 Å². The Morgan fingerprint density at radius 3 is 3.20 bits per heavy atom. The Kier molecular flexibility index (Phi) is 4.88. The fraction of sp³-hybridized carbons (Fsp3) is 0.385.